The topological polar surface area (TPSA) is 29.5 Å². The molecule has 0 radical (unpaired) electrons. The van der Waals surface area contributed by atoms with Gasteiger partial charge in [-0.15, -0.1) is 11.3 Å². The summed E-state index contributed by atoms with van der Waals surface area (Å²) in [7, 11) is 0. The molecule has 3 rings (SSSR count). The van der Waals surface area contributed by atoms with Crippen molar-refractivity contribution in [1.29, 1.82) is 0 Å². The van der Waals surface area contributed by atoms with Crippen LogP contribution in [0.1, 0.15) is 50.1 Å². The average Bonchev–Trinajstić information content (AvgIpc) is 3.02. The first-order chi connectivity index (χ1) is 8.96. The maximum absolute atomic E-state index is 12.4. The zero-order chi connectivity index (χ0) is 13.6. The Kier molecular flexibility index (Phi) is 3.08. The molecule has 0 N–H and O–H groups in total. The standard InChI is InChI=1S/C15H21NO2S/c1-15(2,3)18-14(17)16-8-6-12-11(7-9-19-12)13(16)10-4-5-10/h7,9-10,13H,4-6,8H2,1-3H3. The molecule has 1 unspecified atom stereocenters. The molecule has 0 saturated heterocycles. The molecule has 104 valence electrons. The first-order valence-electron chi connectivity index (χ1n) is 7.01. The van der Waals surface area contributed by atoms with Crippen LogP contribution in [0.25, 0.3) is 0 Å². The van der Waals surface area contributed by atoms with Crippen molar-refractivity contribution in [2.45, 2.75) is 51.7 Å². The minimum atomic E-state index is -0.417. The molecule has 1 fully saturated rings. The van der Waals surface area contributed by atoms with E-state index in [1.54, 1.807) is 0 Å². The number of fused-ring (bicyclic) bond motifs is 1. The summed E-state index contributed by atoms with van der Waals surface area (Å²) >= 11 is 1.82. The molecule has 1 amide bonds. The predicted molar refractivity (Wildman–Crippen MR) is 76.4 cm³/mol. The Morgan fingerprint density at radius 3 is 2.79 bits per heavy atom. The third-order valence-corrected chi connectivity index (χ3v) is 4.71. The molecule has 1 atom stereocenters. The number of hydrogen-bond acceptors (Lipinski definition) is 3. The number of carbonyl (C=O) groups is 1. The van der Waals surface area contributed by atoms with Crippen LogP contribution in [0.2, 0.25) is 0 Å². The molecule has 2 aliphatic rings. The van der Waals surface area contributed by atoms with Gasteiger partial charge in [0.05, 0.1) is 6.04 Å². The maximum Gasteiger partial charge on any atom is 0.410 e. The van der Waals surface area contributed by atoms with Gasteiger partial charge < -0.3 is 9.64 Å². The number of rotatable bonds is 1. The van der Waals surface area contributed by atoms with E-state index in [1.165, 1.54) is 23.3 Å². The number of nitrogens with zero attached hydrogens (tertiary/aromatic N) is 1. The Labute approximate surface area is 118 Å². The lowest BCUT2D eigenvalue weighted by atomic mass is 9.96. The largest absolute Gasteiger partial charge is 0.444 e. The van der Waals surface area contributed by atoms with Crippen LogP contribution in [0.5, 0.6) is 0 Å². The molecule has 0 bridgehead atoms. The number of amides is 1. The third-order valence-electron chi connectivity index (χ3n) is 3.71. The van der Waals surface area contributed by atoms with Crippen molar-refractivity contribution >= 4 is 17.4 Å². The summed E-state index contributed by atoms with van der Waals surface area (Å²) in [5.41, 5.74) is 0.949. The summed E-state index contributed by atoms with van der Waals surface area (Å²) in [6, 6.07) is 2.45. The molecular weight excluding hydrogens is 258 g/mol. The molecule has 3 nitrogen and oxygen atoms in total. The molecule has 0 aromatic carbocycles. The van der Waals surface area contributed by atoms with Gasteiger partial charge in [0.15, 0.2) is 0 Å². The minimum Gasteiger partial charge on any atom is -0.444 e. The van der Waals surface area contributed by atoms with E-state index in [1.807, 2.05) is 37.0 Å². The van der Waals surface area contributed by atoms with Crippen molar-refractivity contribution in [3.05, 3.63) is 21.9 Å². The molecule has 1 aliphatic heterocycles. The summed E-state index contributed by atoms with van der Waals surface area (Å²) in [5, 5.41) is 2.15. The highest BCUT2D eigenvalue weighted by atomic mass is 32.1. The fourth-order valence-electron chi connectivity index (χ4n) is 2.79. The van der Waals surface area contributed by atoms with E-state index in [4.69, 9.17) is 4.74 Å². The van der Waals surface area contributed by atoms with Gasteiger partial charge >= 0.3 is 6.09 Å². The zero-order valence-corrected chi connectivity index (χ0v) is 12.6. The van der Waals surface area contributed by atoms with Crippen LogP contribution in [0.4, 0.5) is 4.79 Å². The van der Waals surface area contributed by atoms with E-state index >= 15 is 0 Å². The van der Waals surface area contributed by atoms with Gasteiger partial charge in [0.1, 0.15) is 5.60 Å². The Morgan fingerprint density at radius 2 is 2.16 bits per heavy atom. The highest BCUT2D eigenvalue weighted by molar-refractivity contribution is 7.10. The van der Waals surface area contributed by atoms with Gasteiger partial charge in [0.25, 0.3) is 0 Å². The molecule has 4 heteroatoms. The van der Waals surface area contributed by atoms with Gasteiger partial charge in [-0.3, -0.25) is 0 Å². The van der Waals surface area contributed by atoms with Crippen LogP contribution in [-0.2, 0) is 11.2 Å². The normalized spacial score (nSPS) is 23.1. The quantitative estimate of drug-likeness (QED) is 0.778. The first kappa shape index (κ1) is 13.0. The molecule has 1 aliphatic carbocycles. The van der Waals surface area contributed by atoms with Gasteiger partial charge in [-0.1, -0.05) is 0 Å². The van der Waals surface area contributed by atoms with Gasteiger partial charge in [-0.2, -0.15) is 0 Å². The second-order valence-electron chi connectivity index (χ2n) is 6.51. The zero-order valence-electron chi connectivity index (χ0n) is 11.8. The van der Waals surface area contributed by atoms with Crippen molar-refractivity contribution in [3.8, 4) is 0 Å². The average molecular weight is 279 g/mol. The highest BCUT2D eigenvalue weighted by Gasteiger charge is 2.43. The molecule has 2 heterocycles. The van der Waals surface area contributed by atoms with E-state index in [0.29, 0.717) is 5.92 Å². The Morgan fingerprint density at radius 1 is 1.42 bits per heavy atom. The lowest BCUT2D eigenvalue weighted by Gasteiger charge is -2.37. The second-order valence-corrected chi connectivity index (χ2v) is 7.51. The number of thiophene rings is 1. The number of ether oxygens (including phenoxy) is 1. The number of hydrogen-bond donors (Lipinski definition) is 0. The van der Waals surface area contributed by atoms with Gasteiger partial charge in [-0.05, 0) is 63.0 Å². The summed E-state index contributed by atoms with van der Waals surface area (Å²) in [6.45, 7) is 6.58. The van der Waals surface area contributed by atoms with E-state index in [-0.39, 0.29) is 12.1 Å². The number of carbonyl (C=O) groups excluding carboxylic acids is 1. The van der Waals surface area contributed by atoms with Gasteiger partial charge in [0, 0.05) is 11.4 Å². The van der Waals surface area contributed by atoms with Crippen molar-refractivity contribution in [3.63, 3.8) is 0 Å². The van der Waals surface area contributed by atoms with E-state index in [2.05, 4.69) is 11.4 Å². The van der Waals surface area contributed by atoms with Crippen LogP contribution < -0.4 is 0 Å². The Bertz CT molecular complexity index is 485. The predicted octanol–water partition coefficient (Wildman–Crippen LogP) is 3.99. The van der Waals surface area contributed by atoms with Crippen molar-refractivity contribution in [1.82, 2.24) is 4.90 Å². The van der Waals surface area contributed by atoms with E-state index in [0.717, 1.165) is 13.0 Å². The SMILES string of the molecule is CC(C)(C)OC(=O)N1CCc2sccc2C1C1CC1. The lowest BCUT2D eigenvalue weighted by molar-refractivity contribution is 0.0118. The van der Waals surface area contributed by atoms with Crippen molar-refractivity contribution < 1.29 is 9.53 Å². The smallest absolute Gasteiger partial charge is 0.410 e. The highest BCUT2D eigenvalue weighted by Crippen LogP contribution is 2.48. The van der Waals surface area contributed by atoms with Gasteiger partial charge in [0.2, 0.25) is 0 Å². The molecular formula is C15H21NO2S. The molecule has 1 saturated carbocycles. The van der Waals surface area contributed by atoms with E-state index < -0.39 is 5.60 Å². The lowest BCUT2D eigenvalue weighted by Crippen LogP contribution is -2.43. The van der Waals surface area contributed by atoms with Crippen LogP contribution in [0.15, 0.2) is 11.4 Å². The fraction of sp³-hybridized carbons (Fsp3) is 0.667. The maximum atomic E-state index is 12.4. The summed E-state index contributed by atoms with van der Waals surface area (Å²) in [4.78, 5) is 15.8. The Hall–Kier alpha value is -1.03. The van der Waals surface area contributed by atoms with Crippen LogP contribution in [0.3, 0.4) is 0 Å². The second kappa shape index (κ2) is 4.51. The van der Waals surface area contributed by atoms with Crippen LogP contribution in [-0.4, -0.2) is 23.1 Å². The summed E-state index contributed by atoms with van der Waals surface area (Å²) < 4.78 is 5.57. The monoisotopic (exact) mass is 279 g/mol. The van der Waals surface area contributed by atoms with Crippen LogP contribution >= 0.6 is 11.3 Å². The van der Waals surface area contributed by atoms with Crippen LogP contribution in [0, 0.1) is 5.92 Å². The van der Waals surface area contributed by atoms with Gasteiger partial charge in [-0.25, -0.2) is 4.79 Å². The van der Waals surface area contributed by atoms with Crippen molar-refractivity contribution in [2.75, 3.05) is 6.54 Å². The third kappa shape index (κ3) is 2.64. The van der Waals surface area contributed by atoms with Crippen molar-refractivity contribution in [2.24, 2.45) is 5.92 Å². The Balaban J connectivity index is 1.84. The molecule has 1 aromatic heterocycles. The van der Waals surface area contributed by atoms with E-state index in [9.17, 15) is 4.79 Å². The molecule has 19 heavy (non-hydrogen) atoms. The summed E-state index contributed by atoms with van der Waals surface area (Å²) in [6.07, 6.45) is 3.29. The fourth-order valence-corrected chi connectivity index (χ4v) is 3.70. The first-order valence-corrected chi connectivity index (χ1v) is 7.89. The molecule has 0 spiro atoms. The minimum absolute atomic E-state index is 0.152. The molecule has 1 aromatic rings. The summed E-state index contributed by atoms with van der Waals surface area (Å²) in [5.74, 6) is 0.640.